The number of amidine groups is 1. The molecule has 4 nitrogen and oxygen atoms in total. The van der Waals surface area contributed by atoms with E-state index in [0.717, 1.165) is 34.6 Å². The highest BCUT2D eigenvalue weighted by atomic mass is 15.2. The summed E-state index contributed by atoms with van der Waals surface area (Å²) in [6.07, 6.45) is 5.65. The number of benzene rings is 1. The molecule has 2 fully saturated rings. The third kappa shape index (κ3) is 1.60. The number of anilines is 1. The fourth-order valence-corrected chi connectivity index (χ4v) is 3.83. The Hall–Kier alpha value is -2.10. The molecule has 1 aromatic heterocycles. The maximum absolute atomic E-state index is 7.86. The Morgan fingerprint density at radius 1 is 1.30 bits per heavy atom. The minimum Gasteiger partial charge on any atom is -0.384 e. The van der Waals surface area contributed by atoms with Crippen molar-refractivity contribution in [2.45, 2.75) is 25.3 Å². The van der Waals surface area contributed by atoms with Crippen molar-refractivity contribution in [3.05, 3.63) is 36.0 Å². The Morgan fingerprint density at radius 2 is 2.15 bits per heavy atom. The van der Waals surface area contributed by atoms with Crippen LogP contribution in [0.25, 0.3) is 10.9 Å². The van der Waals surface area contributed by atoms with Crippen LogP contribution >= 0.6 is 0 Å². The summed E-state index contributed by atoms with van der Waals surface area (Å²) in [5, 5.41) is 8.98. The second-order valence-corrected chi connectivity index (χ2v) is 5.94. The number of pyridine rings is 1. The fraction of sp³-hybridized carbons (Fsp3) is 0.375. The highest BCUT2D eigenvalue weighted by Gasteiger charge is 2.39. The number of para-hydroxylation sites is 1. The van der Waals surface area contributed by atoms with Gasteiger partial charge in [0.15, 0.2) is 0 Å². The van der Waals surface area contributed by atoms with Crippen molar-refractivity contribution in [2.75, 3.05) is 11.4 Å². The van der Waals surface area contributed by atoms with Gasteiger partial charge >= 0.3 is 0 Å². The molecule has 102 valence electrons. The van der Waals surface area contributed by atoms with Crippen LogP contribution in [0.15, 0.2) is 30.5 Å². The molecule has 20 heavy (non-hydrogen) atoms. The molecular weight excluding hydrogens is 248 g/mol. The normalized spacial score (nSPS) is 24.5. The number of hydrogen-bond donors (Lipinski definition) is 2. The first-order chi connectivity index (χ1) is 9.74. The number of nitrogens with two attached hydrogens (primary N) is 1. The number of hydrogen-bond acceptors (Lipinski definition) is 3. The number of piperidine rings is 1. The standard InChI is InChI=1S/C16H18N4/c17-16(18)13-8-19-14-4-2-1-3-12(14)15(13)20-9-10-5-6-11(20)7-10/h1-4,8,10-11H,5-7,9H2,(H3,17,18). The zero-order chi connectivity index (χ0) is 13.7. The average Bonchev–Trinajstić information content (AvgIpc) is 3.08. The van der Waals surface area contributed by atoms with E-state index in [1.807, 2.05) is 18.2 Å². The summed E-state index contributed by atoms with van der Waals surface area (Å²) >= 11 is 0. The summed E-state index contributed by atoms with van der Waals surface area (Å²) in [5.41, 5.74) is 8.66. The second-order valence-electron chi connectivity index (χ2n) is 5.94. The van der Waals surface area contributed by atoms with Gasteiger partial charge in [0.05, 0.1) is 16.8 Å². The van der Waals surface area contributed by atoms with Crippen molar-refractivity contribution in [3.8, 4) is 0 Å². The van der Waals surface area contributed by atoms with Crippen molar-refractivity contribution >= 4 is 22.4 Å². The van der Waals surface area contributed by atoms with E-state index >= 15 is 0 Å². The van der Waals surface area contributed by atoms with Crippen molar-refractivity contribution < 1.29 is 0 Å². The summed E-state index contributed by atoms with van der Waals surface area (Å²) in [5.74, 6) is 0.924. The Kier molecular flexibility index (Phi) is 2.46. The van der Waals surface area contributed by atoms with Crippen LogP contribution in [-0.2, 0) is 0 Å². The largest absolute Gasteiger partial charge is 0.384 e. The molecular formula is C16H18N4. The summed E-state index contributed by atoms with van der Waals surface area (Å²) in [6.45, 7) is 1.10. The van der Waals surface area contributed by atoms with Gasteiger partial charge in [-0.25, -0.2) is 0 Å². The number of nitrogens with one attached hydrogen (secondary N) is 1. The van der Waals surface area contributed by atoms with E-state index in [1.165, 1.54) is 19.3 Å². The minimum absolute atomic E-state index is 0.112. The summed E-state index contributed by atoms with van der Waals surface area (Å²) in [4.78, 5) is 6.92. The molecule has 1 saturated carbocycles. The topological polar surface area (TPSA) is 66.0 Å². The van der Waals surface area contributed by atoms with Crippen LogP contribution in [0, 0.1) is 11.3 Å². The Balaban J connectivity index is 1.95. The molecule has 2 unspecified atom stereocenters. The molecule has 1 aliphatic heterocycles. The lowest BCUT2D eigenvalue weighted by Crippen LogP contribution is -2.34. The van der Waals surface area contributed by atoms with Crippen LogP contribution in [0.2, 0.25) is 0 Å². The maximum atomic E-state index is 7.86. The van der Waals surface area contributed by atoms with Gasteiger partial charge in [-0.1, -0.05) is 18.2 Å². The molecule has 4 heteroatoms. The molecule has 2 bridgehead atoms. The first-order valence-corrected chi connectivity index (χ1v) is 7.23. The molecule has 2 heterocycles. The quantitative estimate of drug-likeness (QED) is 0.648. The van der Waals surface area contributed by atoms with E-state index in [9.17, 15) is 0 Å². The first-order valence-electron chi connectivity index (χ1n) is 7.23. The van der Waals surface area contributed by atoms with E-state index in [1.54, 1.807) is 6.20 Å². The third-order valence-electron chi connectivity index (χ3n) is 4.73. The van der Waals surface area contributed by atoms with Gasteiger partial charge in [-0.3, -0.25) is 10.4 Å². The fourth-order valence-electron chi connectivity index (χ4n) is 3.83. The highest BCUT2D eigenvalue weighted by Crippen LogP contribution is 2.43. The predicted octanol–water partition coefficient (Wildman–Crippen LogP) is 2.51. The summed E-state index contributed by atoms with van der Waals surface area (Å²) < 4.78 is 0. The molecule has 1 aliphatic carbocycles. The minimum atomic E-state index is 0.112. The molecule has 2 atom stereocenters. The monoisotopic (exact) mass is 266 g/mol. The van der Waals surface area contributed by atoms with Crippen molar-refractivity contribution in [3.63, 3.8) is 0 Å². The zero-order valence-electron chi connectivity index (χ0n) is 11.3. The van der Waals surface area contributed by atoms with Gasteiger partial charge in [-0.15, -0.1) is 0 Å². The van der Waals surface area contributed by atoms with E-state index in [-0.39, 0.29) is 5.84 Å². The Labute approximate surface area is 118 Å². The van der Waals surface area contributed by atoms with Gasteiger partial charge in [0, 0.05) is 24.2 Å². The van der Waals surface area contributed by atoms with Crippen molar-refractivity contribution in [1.29, 1.82) is 5.41 Å². The molecule has 0 amide bonds. The number of nitrogen functional groups attached to an aromatic ring is 1. The van der Waals surface area contributed by atoms with Gasteiger partial charge < -0.3 is 10.6 Å². The van der Waals surface area contributed by atoms with E-state index in [2.05, 4.69) is 16.0 Å². The van der Waals surface area contributed by atoms with Crippen LogP contribution in [0.4, 0.5) is 5.69 Å². The lowest BCUT2D eigenvalue weighted by molar-refractivity contribution is 0.554. The van der Waals surface area contributed by atoms with Crippen LogP contribution in [0.5, 0.6) is 0 Å². The van der Waals surface area contributed by atoms with Gasteiger partial charge in [-0.05, 0) is 31.2 Å². The molecule has 2 aliphatic rings. The highest BCUT2D eigenvalue weighted by molar-refractivity contribution is 6.07. The molecule has 2 aromatic rings. The smallest absolute Gasteiger partial charge is 0.126 e. The number of fused-ring (bicyclic) bond motifs is 3. The van der Waals surface area contributed by atoms with E-state index in [0.29, 0.717) is 6.04 Å². The van der Waals surface area contributed by atoms with E-state index in [4.69, 9.17) is 11.1 Å². The lowest BCUT2D eigenvalue weighted by atomic mass is 10.0. The lowest BCUT2D eigenvalue weighted by Gasteiger charge is -2.31. The number of nitrogens with zero attached hydrogens (tertiary/aromatic N) is 2. The molecule has 4 rings (SSSR count). The number of aromatic nitrogens is 1. The zero-order valence-corrected chi connectivity index (χ0v) is 11.3. The van der Waals surface area contributed by atoms with Gasteiger partial charge in [0.1, 0.15) is 5.84 Å². The first kappa shape index (κ1) is 11.7. The summed E-state index contributed by atoms with van der Waals surface area (Å²) in [7, 11) is 0. The maximum Gasteiger partial charge on any atom is 0.126 e. The third-order valence-corrected chi connectivity index (χ3v) is 4.73. The van der Waals surface area contributed by atoms with Crippen LogP contribution in [0.1, 0.15) is 24.8 Å². The Morgan fingerprint density at radius 3 is 2.85 bits per heavy atom. The molecule has 0 spiro atoms. The predicted molar refractivity (Wildman–Crippen MR) is 81.2 cm³/mol. The van der Waals surface area contributed by atoms with Crippen molar-refractivity contribution in [2.24, 2.45) is 11.7 Å². The molecule has 3 N–H and O–H groups in total. The van der Waals surface area contributed by atoms with Gasteiger partial charge in [0.2, 0.25) is 0 Å². The van der Waals surface area contributed by atoms with Gasteiger partial charge in [-0.2, -0.15) is 0 Å². The number of rotatable bonds is 2. The van der Waals surface area contributed by atoms with Gasteiger partial charge in [0.25, 0.3) is 0 Å². The van der Waals surface area contributed by atoms with E-state index < -0.39 is 0 Å². The molecule has 1 saturated heterocycles. The molecule has 0 radical (unpaired) electrons. The van der Waals surface area contributed by atoms with Crippen molar-refractivity contribution in [1.82, 2.24) is 4.98 Å². The summed E-state index contributed by atoms with van der Waals surface area (Å²) in [6, 6.07) is 8.77. The van der Waals surface area contributed by atoms with Crippen LogP contribution in [0.3, 0.4) is 0 Å². The van der Waals surface area contributed by atoms with Crippen LogP contribution < -0.4 is 10.6 Å². The molecule has 1 aromatic carbocycles. The Bertz CT molecular complexity index is 694. The average molecular weight is 266 g/mol. The SMILES string of the molecule is N=C(N)c1cnc2ccccc2c1N1CC2CCC1C2. The second kappa shape index (κ2) is 4.20. The van der Waals surface area contributed by atoms with Crippen LogP contribution in [-0.4, -0.2) is 23.4 Å².